The van der Waals surface area contributed by atoms with Crippen LogP contribution in [0.5, 0.6) is 0 Å². The molecule has 4 heterocycles. The first-order valence-corrected chi connectivity index (χ1v) is 18.5. The number of imidazole rings is 1. The summed E-state index contributed by atoms with van der Waals surface area (Å²) in [6.07, 6.45) is 8.17. The molecule has 4 aromatic heterocycles. The normalized spacial score (nSPS) is 11.4. The van der Waals surface area contributed by atoms with Crippen LogP contribution in [0.25, 0.3) is 61.6 Å². The van der Waals surface area contributed by atoms with Crippen molar-refractivity contribution in [2.24, 2.45) is 0 Å². The summed E-state index contributed by atoms with van der Waals surface area (Å²) in [5.41, 5.74) is 11.6. The number of hydrogen-bond donors (Lipinski definition) is 0. The van der Waals surface area contributed by atoms with Gasteiger partial charge in [-0.25, -0.2) is 14.1 Å². The first-order valence-electron chi connectivity index (χ1n) is 18.5. The molecule has 7 heteroatoms. The molecule has 6 aromatic carbocycles. The molecule has 0 atom stereocenters. The van der Waals surface area contributed by atoms with Crippen molar-refractivity contribution in [2.75, 3.05) is 0 Å². The number of para-hydroxylation sites is 1. The lowest BCUT2D eigenvalue weighted by atomic mass is 9.36. The van der Waals surface area contributed by atoms with Gasteiger partial charge in [0.15, 0.2) is 5.76 Å². The minimum atomic E-state index is -0.255. The van der Waals surface area contributed by atoms with E-state index in [9.17, 15) is 0 Å². The van der Waals surface area contributed by atoms with Crippen LogP contribution in [-0.2, 0) is 0 Å². The molecule has 0 saturated carbocycles. The average molecular weight is 709 g/mol. The Morgan fingerprint density at radius 3 is 2.15 bits per heavy atom. The van der Waals surface area contributed by atoms with Crippen molar-refractivity contribution in [1.29, 1.82) is 0 Å². The molecule has 0 amide bonds. The lowest BCUT2D eigenvalue weighted by Crippen LogP contribution is -2.53. The summed E-state index contributed by atoms with van der Waals surface area (Å²) in [7, 11) is 0. The largest absolute Gasteiger partial charge is 0.356 e. The molecule has 0 fully saturated rings. The van der Waals surface area contributed by atoms with Gasteiger partial charge in [-0.05, 0) is 61.5 Å². The number of aryl methyl sites for hydroxylation is 1. The van der Waals surface area contributed by atoms with Crippen molar-refractivity contribution in [3.8, 4) is 39.8 Å². The monoisotopic (exact) mass is 708 g/mol. The summed E-state index contributed by atoms with van der Waals surface area (Å²) in [5.74, 6) is 1.63. The van der Waals surface area contributed by atoms with Crippen LogP contribution in [0.4, 0.5) is 0 Å². The average Bonchev–Trinajstić information content (AvgIpc) is 3.99. The number of benzene rings is 6. The van der Waals surface area contributed by atoms with Crippen molar-refractivity contribution < 1.29 is 9.09 Å². The van der Waals surface area contributed by atoms with Gasteiger partial charge in [-0.1, -0.05) is 137 Å². The van der Waals surface area contributed by atoms with Gasteiger partial charge < -0.3 is 4.52 Å². The van der Waals surface area contributed by atoms with Crippen LogP contribution in [-0.4, -0.2) is 26.0 Å². The standard InChI is InChI=1S/C48H35BN5O/c1-34-23-26-43-42(30-34)41-25-24-38(32-44(41)54(43)45-22-11-12-27-50-45)49(37-18-13-21-40(31-37)53-29-28-52(33-53)39-19-9-4-10-20-39)46-47(35-14-5-2-6-15-35)51-55-48(46)36-16-7-3-8-17-36/h2-33H,1H3/q+1. The molecule has 0 saturated heterocycles. The highest BCUT2D eigenvalue weighted by Gasteiger charge is 2.33. The maximum Gasteiger partial charge on any atom is 0.254 e. The second-order valence-electron chi connectivity index (χ2n) is 13.9. The van der Waals surface area contributed by atoms with E-state index in [0.717, 1.165) is 67.2 Å². The van der Waals surface area contributed by atoms with Gasteiger partial charge in [0.2, 0.25) is 6.71 Å². The van der Waals surface area contributed by atoms with Crippen LogP contribution < -0.4 is 21.0 Å². The Hall–Kier alpha value is -7.25. The van der Waals surface area contributed by atoms with Gasteiger partial charge in [0.1, 0.15) is 35.3 Å². The topological polar surface area (TPSA) is 52.7 Å². The molecule has 10 aromatic rings. The molecule has 10 rings (SSSR count). The Bertz CT molecular complexity index is 2880. The van der Waals surface area contributed by atoms with E-state index in [1.165, 1.54) is 16.3 Å². The number of pyridine rings is 1. The van der Waals surface area contributed by atoms with Crippen LogP contribution >= 0.6 is 0 Å². The Morgan fingerprint density at radius 2 is 1.36 bits per heavy atom. The molecular weight excluding hydrogens is 673 g/mol. The molecule has 6 nitrogen and oxygen atoms in total. The summed E-state index contributed by atoms with van der Waals surface area (Å²) >= 11 is 0. The van der Waals surface area contributed by atoms with E-state index in [1.54, 1.807) is 0 Å². The molecule has 0 unspecified atom stereocenters. The fourth-order valence-corrected chi connectivity index (χ4v) is 7.88. The third kappa shape index (κ3) is 5.83. The third-order valence-electron chi connectivity index (χ3n) is 10.5. The SMILES string of the molecule is Cc1ccc2c(c1)c1ccc(B(c3cccc(-n4cc[n+](-c5ccccc5)c4)c3)c3c(-c4ccccc4)noc3-c3ccccc3)cc1n2-c1ccccn1. The zero-order chi connectivity index (χ0) is 36.7. The lowest BCUT2D eigenvalue weighted by molar-refractivity contribution is -0.594. The zero-order valence-corrected chi connectivity index (χ0v) is 30.2. The Kier molecular flexibility index (Phi) is 8.03. The van der Waals surface area contributed by atoms with Gasteiger partial charge in [0.05, 0.1) is 11.0 Å². The number of fused-ring (bicyclic) bond motifs is 3. The molecule has 55 heavy (non-hydrogen) atoms. The van der Waals surface area contributed by atoms with Gasteiger partial charge in [0, 0.05) is 33.6 Å². The Labute approximate surface area is 319 Å². The van der Waals surface area contributed by atoms with Crippen molar-refractivity contribution >= 4 is 44.9 Å². The predicted molar refractivity (Wildman–Crippen MR) is 223 cm³/mol. The minimum Gasteiger partial charge on any atom is -0.356 e. The molecule has 0 spiro atoms. The van der Waals surface area contributed by atoms with Gasteiger partial charge in [-0.2, -0.15) is 0 Å². The minimum absolute atomic E-state index is 0.255. The molecule has 0 aliphatic rings. The zero-order valence-electron chi connectivity index (χ0n) is 30.2. The number of hydrogen-bond acceptors (Lipinski definition) is 3. The van der Waals surface area contributed by atoms with Gasteiger partial charge in [-0.15, -0.1) is 0 Å². The molecule has 0 aliphatic carbocycles. The van der Waals surface area contributed by atoms with Crippen molar-refractivity contribution in [3.63, 3.8) is 0 Å². The summed E-state index contributed by atoms with van der Waals surface area (Å²) in [6.45, 7) is 1.89. The highest BCUT2D eigenvalue weighted by atomic mass is 16.5. The molecular formula is C48H35BN5O+. The quantitative estimate of drug-likeness (QED) is 0.118. The van der Waals surface area contributed by atoms with E-state index >= 15 is 0 Å². The summed E-state index contributed by atoms with van der Waals surface area (Å²) in [4.78, 5) is 4.84. The van der Waals surface area contributed by atoms with Gasteiger partial charge >= 0.3 is 0 Å². The van der Waals surface area contributed by atoms with Crippen LogP contribution in [0.1, 0.15) is 5.56 Å². The highest BCUT2D eigenvalue weighted by Crippen LogP contribution is 2.32. The highest BCUT2D eigenvalue weighted by molar-refractivity contribution is 6.97. The number of rotatable bonds is 8. The Morgan fingerprint density at radius 1 is 0.618 bits per heavy atom. The van der Waals surface area contributed by atoms with Crippen molar-refractivity contribution in [3.05, 3.63) is 200 Å². The number of nitrogens with zero attached hydrogens (tertiary/aromatic N) is 5. The second kappa shape index (κ2) is 13.6. The van der Waals surface area contributed by atoms with Gasteiger partial charge in [0.25, 0.3) is 6.33 Å². The lowest BCUT2D eigenvalue weighted by Gasteiger charge is -2.18. The fourth-order valence-electron chi connectivity index (χ4n) is 7.88. The number of aromatic nitrogens is 5. The van der Waals surface area contributed by atoms with E-state index in [0.29, 0.717) is 0 Å². The first-order chi connectivity index (χ1) is 27.2. The van der Waals surface area contributed by atoms with Gasteiger partial charge in [-0.3, -0.25) is 4.57 Å². The molecule has 0 bridgehead atoms. The molecule has 0 aliphatic heterocycles. The van der Waals surface area contributed by atoms with E-state index in [1.807, 2.05) is 48.7 Å². The molecule has 260 valence electrons. The fraction of sp³-hybridized carbons (Fsp3) is 0.0208. The summed E-state index contributed by atoms with van der Waals surface area (Å²) in [5, 5.41) is 7.20. The maximum atomic E-state index is 6.40. The van der Waals surface area contributed by atoms with Crippen molar-refractivity contribution in [2.45, 2.75) is 6.92 Å². The smallest absolute Gasteiger partial charge is 0.254 e. The third-order valence-corrected chi connectivity index (χ3v) is 10.5. The van der Waals surface area contributed by atoms with E-state index in [4.69, 9.17) is 14.7 Å². The van der Waals surface area contributed by atoms with E-state index < -0.39 is 0 Å². The van der Waals surface area contributed by atoms with Crippen LogP contribution in [0.2, 0.25) is 0 Å². The van der Waals surface area contributed by atoms with Crippen molar-refractivity contribution in [1.82, 2.24) is 19.3 Å². The first kappa shape index (κ1) is 32.4. The van der Waals surface area contributed by atoms with Crippen LogP contribution in [0.15, 0.2) is 199 Å². The maximum absolute atomic E-state index is 6.40. The summed E-state index contributed by atoms with van der Waals surface area (Å²) in [6, 6.07) is 59.5. The molecule has 0 radical (unpaired) electrons. The van der Waals surface area contributed by atoms with E-state index in [-0.39, 0.29) is 6.71 Å². The van der Waals surface area contributed by atoms with Crippen LogP contribution in [0, 0.1) is 6.92 Å². The predicted octanol–water partition coefficient (Wildman–Crippen LogP) is 8.39. The Balaban J connectivity index is 1.24. The van der Waals surface area contributed by atoms with Crippen LogP contribution in [0.3, 0.4) is 0 Å². The van der Waals surface area contributed by atoms with E-state index in [2.05, 4.69) is 167 Å². The molecule has 0 N–H and O–H groups in total. The second-order valence-corrected chi connectivity index (χ2v) is 13.9. The summed E-state index contributed by atoms with van der Waals surface area (Å²) < 4.78 is 13.0.